The number of benzene rings is 3. The SMILES string of the molecule is CCOC(=O)C1(C)C(C(=O)C(=O)Nc2ccccc2)/C(=N/NC(=O)c2ccccc2)C(=O)N1c1ccccc1. The number of nitrogens with zero attached hydrogens (tertiary/aromatic N) is 2. The van der Waals surface area contributed by atoms with Crippen LogP contribution in [0.3, 0.4) is 0 Å². The topological polar surface area (TPSA) is 134 Å². The second-order valence-electron chi connectivity index (χ2n) is 8.77. The van der Waals surface area contributed by atoms with Crippen LogP contribution < -0.4 is 15.6 Å². The fourth-order valence-electron chi connectivity index (χ4n) is 4.40. The van der Waals surface area contributed by atoms with Crippen molar-refractivity contribution in [3.8, 4) is 0 Å². The number of hydrogen-bond acceptors (Lipinski definition) is 7. The van der Waals surface area contributed by atoms with Crippen molar-refractivity contribution in [2.24, 2.45) is 11.0 Å². The van der Waals surface area contributed by atoms with Crippen molar-refractivity contribution in [3.63, 3.8) is 0 Å². The first-order valence-corrected chi connectivity index (χ1v) is 12.2. The van der Waals surface area contributed by atoms with E-state index in [1.165, 1.54) is 6.92 Å². The first-order valence-electron chi connectivity index (χ1n) is 12.2. The third-order valence-electron chi connectivity index (χ3n) is 6.26. The van der Waals surface area contributed by atoms with Gasteiger partial charge in [-0.05, 0) is 50.2 Å². The molecule has 2 atom stereocenters. The van der Waals surface area contributed by atoms with Gasteiger partial charge in [-0.15, -0.1) is 0 Å². The molecule has 0 radical (unpaired) electrons. The highest BCUT2D eigenvalue weighted by molar-refractivity contribution is 6.58. The Kier molecular flexibility index (Phi) is 7.95. The summed E-state index contributed by atoms with van der Waals surface area (Å²) in [6, 6.07) is 24.5. The number of ketones is 1. The van der Waals surface area contributed by atoms with Crippen molar-refractivity contribution in [2.75, 3.05) is 16.8 Å². The zero-order valence-electron chi connectivity index (χ0n) is 21.3. The number of carbonyl (C=O) groups excluding carboxylic acids is 5. The molecule has 0 saturated carbocycles. The normalized spacial score (nSPS) is 19.4. The van der Waals surface area contributed by atoms with Crippen LogP contribution in [0.1, 0.15) is 24.2 Å². The fraction of sp³-hybridized carbons (Fsp3) is 0.172. The summed E-state index contributed by atoms with van der Waals surface area (Å²) in [7, 11) is 0. The van der Waals surface area contributed by atoms with E-state index in [4.69, 9.17) is 4.74 Å². The predicted octanol–water partition coefficient (Wildman–Crippen LogP) is 2.97. The number of Topliss-reactive ketones (excluding diaryl/α,β-unsaturated/α-hetero) is 1. The Balaban J connectivity index is 1.82. The quantitative estimate of drug-likeness (QED) is 0.263. The average molecular weight is 527 g/mol. The fourth-order valence-corrected chi connectivity index (χ4v) is 4.40. The number of hydrogen-bond donors (Lipinski definition) is 2. The van der Waals surface area contributed by atoms with Gasteiger partial charge in [0.15, 0.2) is 5.54 Å². The molecule has 3 aromatic carbocycles. The predicted molar refractivity (Wildman–Crippen MR) is 144 cm³/mol. The van der Waals surface area contributed by atoms with Gasteiger partial charge in [0.1, 0.15) is 11.6 Å². The van der Waals surface area contributed by atoms with E-state index in [-0.39, 0.29) is 17.9 Å². The van der Waals surface area contributed by atoms with Gasteiger partial charge in [-0.2, -0.15) is 5.10 Å². The Hall–Kier alpha value is -5.12. The molecule has 0 aliphatic carbocycles. The first kappa shape index (κ1) is 26.9. The maximum atomic E-state index is 13.8. The molecule has 39 heavy (non-hydrogen) atoms. The van der Waals surface area contributed by atoms with E-state index in [9.17, 15) is 24.0 Å². The Bertz CT molecular complexity index is 1430. The molecule has 0 aromatic heterocycles. The second kappa shape index (κ2) is 11.5. The number of rotatable bonds is 8. The van der Waals surface area contributed by atoms with Gasteiger partial charge in [-0.1, -0.05) is 54.6 Å². The minimum absolute atomic E-state index is 0.0421. The summed E-state index contributed by atoms with van der Waals surface area (Å²) in [5, 5.41) is 6.50. The van der Waals surface area contributed by atoms with Crippen LogP contribution in [-0.2, 0) is 23.9 Å². The Morgan fingerprint density at radius 2 is 1.46 bits per heavy atom. The van der Waals surface area contributed by atoms with E-state index < -0.39 is 46.6 Å². The number of hydrazone groups is 1. The zero-order chi connectivity index (χ0) is 28.0. The van der Waals surface area contributed by atoms with Crippen molar-refractivity contribution < 1.29 is 28.7 Å². The first-order chi connectivity index (χ1) is 18.8. The van der Waals surface area contributed by atoms with E-state index >= 15 is 0 Å². The maximum Gasteiger partial charge on any atom is 0.333 e. The highest BCUT2D eigenvalue weighted by Gasteiger charge is 2.64. The molecule has 2 N–H and O–H groups in total. The van der Waals surface area contributed by atoms with Gasteiger partial charge in [-0.25, -0.2) is 10.2 Å². The molecule has 10 heteroatoms. The van der Waals surface area contributed by atoms with Gasteiger partial charge in [0.2, 0.25) is 5.78 Å². The molecule has 1 heterocycles. The van der Waals surface area contributed by atoms with Gasteiger partial charge in [-0.3, -0.25) is 24.1 Å². The summed E-state index contributed by atoms with van der Waals surface area (Å²) in [4.78, 5) is 67.9. The molecule has 198 valence electrons. The summed E-state index contributed by atoms with van der Waals surface area (Å²) < 4.78 is 5.29. The smallest absolute Gasteiger partial charge is 0.333 e. The number of amides is 3. The molecular formula is C29H26N4O6. The number of esters is 1. The summed E-state index contributed by atoms with van der Waals surface area (Å²) in [6.07, 6.45) is 0. The van der Waals surface area contributed by atoms with Gasteiger partial charge in [0, 0.05) is 16.9 Å². The van der Waals surface area contributed by atoms with Gasteiger partial charge >= 0.3 is 5.97 Å². The lowest BCUT2D eigenvalue weighted by Crippen LogP contribution is -2.57. The van der Waals surface area contributed by atoms with Crippen LogP contribution in [0.15, 0.2) is 96.1 Å². The summed E-state index contributed by atoms with van der Waals surface area (Å²) in [5.41, 5.74) is 0.694. The lowest BCUT2D eigenvalue weighted by atomic mass is 9.81. The van der Waals surface area contributed by atoms with Crippen LogP contribution in [-0.4, -0.2) is 47.3 Å². The van der Waals surface area contributed by atoms with Crippen LogP contribution in [0.5, 0.6) is 0 Å². The number of nitrogens with one attached hydrogen (secondary N) is 2. The second-order valence-corrected chi connectivity index (χ2v) is 8.77. The van der Waals surface area contributed by atoms with E-state index in [1.807, 2.05) is 0 Å². The zero-order valence-corrected chi connectivity index (χ0v) is 21.3. The Morgan fingerprint density at radius 3 is 2.05 bits per heavy atom. The van der Waals surface area contributed by atoms with E-state index in [2.05, 4.69) is 15.8 Å². The molecule has 3 amide bonds. The van der Waals surface area contributed by atoms with Crippen LogP contribution in [0, 0.1) is 5.92 Å². The van der Waals surface area contributed by atoms with E-state index in [0.29, 0.717) is 5.69 Å². The third-order valence-corrected chi connectivity index (χ3v) is 6.26. The van der Waals surface area contributed by atoms with Crippen molar-refractivity contribution in [1.82, 2.24) is 5.43 Å². The highest BCUT2D eigenvalue weighted by Crippen LogP contribution is 2.40. The summed E-state index contributed by atoms with van der Waals surface area (Å²) in [5.74, 6) is -6.26. The molecule has 4 rings (SSSR count). The lowest BCUT2D eigenvalue weighted by Gasteiger charge is -2.35. The van der Waals surface area contributed by atoms with Gasteiger partial charge in [0.25, 0.3) is 17.7 Å². The maximum absolute atomic E-state index is 13.8. The monoisotopic (exact) mass is 526 g/mol. The van der Waals surface area contributed by atoms with Crippen molar-refractivity contribution >= 4 is 46.6 Å². The molecule has 3 aromatic rings. The Labute approximate surface area is 224 Å². The third kappa shape index (κ3) is 5.30. The largest absolute Gasteiger partial charge is 0.464 e. The summed E-state index contributed by atoms with van der Waals surface area (Å²) >= 11 is 0. The minimum atomic E-state index is -1.99. The van der Waals surface area contributed by atoms with Crippen molar-refractivity contribution in [2.45, 2.75) is 19.4 Å². The molecule has 1 fully saturated rings. The number of para-hydroxylation sites is 2. The van der Waals surface area contributed by atoms with Crippen molar-refractivity contribution in [1.29, 1.82) is 0 Å². The molecule has 0 spiro atoms. The van der Waals surface area contributed by atoms with Crippen molar-refractivity contribution in [3.05, 3.63) is 96.6 Å². The van der Waals surface area contributed by atoms with E-state index in [0.717, 1.165) is 4.90 Å². The number of ether oxygens (including phenoxy) is 1. The molecule has 1 saturated heterocycles. The standard InChI is InChI=1S/C29H26N4O6/c1-3-39-28(38)29(2)22(24(34)26(36)30-20-15-9-5-10-16-20)23(27(37)33(29)21-17-11-6-12-18-21)31-32-25(35)19-13-7-4-8-14-19/h4-18,22H,3H2,1-2H3,(H,30,36)(H,32,35)/b31-23-. The number of anilines is 2. The van der Waals surface area contributed by atoms with Crippen LogP contribution in [0.2, 0.25) is 0 Å². The lowest BCUT2D eigenvalue weighted by molar-refractivity contribution is -0.152. The average Bonchev–Trinajstić information content (AvgIpc) is 3.19. The molecule has 1 aliphatic rings. The van der Waals surface area contributed by atoms with Crippen LogP contribution >= 0.6 is 0 Å². The van der Waals surface area contributed by atoms with Crippen LogP contribution in [0.25, 0.3) is 0 Å². The molecule has 10 nitrogen and oxygen atoms in total. The minimum Gasteiger partial charge on any atom is -0.464 e. The van der Waals surface area contributed by atoms with Crippen LogP contribution in [0.4, 0.5) is 11.4 Å². The molecule has 0 bridgehead atoms. The van der Waals surface area contributed by atoms with Gasteiger partial charge < -0.3 is 10.1 Å². The molecular weight excluding hydrogens is 500 g/mol. The van der Waals surface area contributed by atoms with Gasteiger partial charge in [0.05, 0.1) is 6.61 Å². The number of carbonyl (C=O) groups is 5. The van der Waals surface area contributed by atoms with E-state index in [1.54, 1.807) is 97.9 Å². The molecule has 2 unspecified atom stereocenters. The molecule has 1 aliphatic heterocycles. The summed E-state index contributed by atoms with van der Waals surface area (Å²) in [6.45, 7) is 2.88. The Morgan fingerprint density at radius 1 is 0.897 bits per heavy atom. The highest BCUT2D eigenvalue weighted by atomic mass is 16.5.